The predicted octanol–water partition coefficient (Wildman–Crippen LogP) is 2.24. The van der Waals surface area contributed by atoms with Gasteiger partial charge in [-0.25, -0.2) is 4.68 Å². The van der Waals surface area contributed by atoms with Gasteiger partial charge in [-0.1, -0.05) is 47.5 Å². The van der Waals surface area contributed by atoms with E-state index < -0.39 is 11.8 Å². The number of halogens is 2. The molecule has 2 aromatic carbocycles. The van der Waals surface area contributed by atoms with Crippen LogP contribution in [0.25, 0.3) is 10.8 Å². The van der Waals surface area contributed by atoms with Crippen molar-refractivity contribution in [2.24, 2.45) is 7.05 Å². The van der Waals surface area contributed by atoms with Crippen molar-refractivity contribution in [1.82, 2.24) is 20.6 Å². The third-order valence-electron chi connectivity index (χ3n) is 3.84. The number of fused-ring (bicyclic) bond motifs is 1. The zero-order valence-corrected chi connectivity index (χ0v) is 15.6. The van der Waals surface area contributed by atoms with Crippen LogP contribution in [0.2, 0.25) is 10.0 Å². The van der Waals surface area contributed by atoms with Crippen molar-refractivity contribution in [1.29, 1.82) is 0 Å². The van der Waals surface area contributed by atoms with E-state index in [1.54, 1.807) is 42.5 Å². The van der Waals surface area contributed by atoms with Crippen molar-refractivity contribution in [2.75, 3.05) is 0 Å². The summed E-state index contributed by atoms with van der Waals surface area (Å²) in [6, 6.07) is 11.5. The fourth-order valence-electron chi connectivity index (χ4n) is 2.53. The first-order chi connectivity index (χ1) is 12.9. The fourth-order valence-corrected chi connectivity index (χ4v) is 2.85. The van der Waals surface area contributed by atoms with Crippen LogP contribution in [-0.2, 0) is 18.3 Å². The quantitative estimate of drug-likeness (QED) is 0.654. The SMILES string of the molecule is Cn1nc(C(=O)NNC(=O)Cc2ccc(Cl)c(Cl)c2)c2ccccc2c1=O. The molecule has 3 aromatic rings. The monoisotopic (exact) mass is 404 g/mol. The summed E-state index contributed by atoms with van der Waals surface area (Å²) in [5.74, 6) is -1.08. The summed E-state index contributed by atoms with van der Waals surface area (Å²) < 4.78 is 1.08. The van der Waals surface area contributed by atoms with E-state index in [1.807, 2.05) is 0 Å². The Morgan fingerprint density at radius 3 is 2.44 bits per heavy atom. The molecule has 0 aliphatic carbocycles. The number of rotatable bonds is 3. The lowest BCUT2D eigenvalue weighted by Gasteiger charge is -2.10. The number of nitrogens with zero attached hydrogens (tertiary/aromatic N) is 2. The molecule has 1 heterocycles. The molecule has 0 bridgehead atoms. The zero-order valence-electron chi connectivity index (χ0n) is 14.1. The molecule has 0 saturated carbocycles. The first-order valence-corrected chi connectivity index (χ1v) is 8.61. The lowest BCUT2D eigenvalue weighted by molar-refractivity contribution is -0.121. The maximum absolute atomic E-state index is 12.4. The van der Waals surface area contributed by atoms with Crippen LogP contribution in [0.15, 0.2) is 47.3 Å². The second-order valence-electron chi connectivity index (χ2n) is 5.75. The second-order valence-corrected chi connectivity index (χ2v) is 6.56. The zero-order chi connectivity index (χ0) is 19.6. The van der Waals surface area contributed by atoms with Crippen LogP contribution < -0.4 is 16.4 Å². The largest absolute Gasteiger partial charge is 0.290 e. The normalized spacial score (nSPS) is 10.6. The molecule has 138 valence electrons. The molecule has 1 aromatic heterocycles. The summed E-state index contributed by atoms with van der Waals surface area (Å²) in [7, 11) is 1.45. The van der Waals surface area contributed by atoms with Crippen molar-refractivity contribution in [3.8, 4) is 0 Å². The highest BCUT2D eigenvalue weighted by molar-refractivity contribution is 6.42. The summed E-state index contributed by atoms with van der Waals surface area (Å²) in [6.07, 6.45) is -0.00137. The molecular weight excluding hydrogens is 391 g/mol. The summed E-state index contributed by atoms with van der Waals surface area (Å²) in [6.45, 7) is 0. The van der Waals surface area contributed by atoms with Crippen LogP contribution in [0.3, 0.4) is 0 Å². The highest BCUT2D eigenvalue weighted by Gasteiger charge is 2.16. The summed E-state index contributed by atoms with van der Waals surface area (Å²) >= 11 is 11.8. The minimum absolute atomic E-state index is 0.00137. The van der Waals surface area contributed by atoms with Gasteiger partial charge in [0.25, 0.3) is 11.5 Å². The van der Waals surface area contributed by atoms with E-state index in [0.717, 1.165) is 4.68 Å². The minimum atomic E-state index is -0.635. The molecule has 0 spiro atoms. The molecule has 2 amide bonds. The highest BCUT2D eigenvalue weighted by Crippen LogP contribution is 2.22. The molecular formula is C18H14Cl2N4O3. The summed E-state index contributed by atoms with van der Waals surface area (Å²) in [4.78, 5) is 36.6. The smallest absolute Gasteiger partial charge is 0.273 e. The molecule has 9 heteroatoms. The number of carbonyl (C=O) groups excluding carboxylic acids is 2. The van der Waals surface area contributed by atoms with E-state index >= 15 is 0 Å². The van der Waals surface area contributed by atoms with Crippen LogP contribution in [0.1, 0.15) is 16.1 Å². The standard InChI is InChI=1S/C18H14Cl2N4O3/c1-24-18(27)12-5-3-2-4-11(12)16(23-24)17(26)22-21-15(25)9-10-6-7-13(19)14(20)8-10/h2-8H,9H2,1H3,(H,21,25)(H,22,26). The molecule has 7 nitrogen and oxygen atoms in total. The number of hydrazine groups is 1. The maximum Gasteiger partial charge on any atom is 0.290 e. The van der Waals surface area contributed by atoms with Gasteiger partial charge in [-0.05, 0) is 23.8 Å². The molecule has 0 saturated heterocycles. The lowest BCUT2D eigenvalue weighted by atomic mass is 10.1. The van der Waals surface area contributed by atoms with Gasteiger partial charge in [0.05, 0.1) is 21.9 Å². The van der Waals surface area contributed by atoms with Gasteiger partial charge >= 0.3 is 0 Å². The van der Waals surface area contributed by atoms with Crippen molar-refractivity contribution in [2.45, 2.75) is 6.42 Å². The van der Waals surface area contributed by atoms with Crippen molar-refractivity contribution in [3.05, 3.63) is 74.1 Å². The Hall–Kier alpha value is -2.90. The second kappa shape index (κ2) is 7.77. The molecule has 0 aliphatic rings. The van der Waals surface area contributed by atoms with Gasteiger partial charge in [0, 0.05) is 12.4 Å². The average Bonchev–Trinajstić information content (AvgIpc) is 2.66. The number of hydrogen-bond acceptors (Lipinski definition) is 4. The summed E-state index contributed by atoms with van der Waals surface area (Å²) in [5.41, 5.74) is 4.99. The molecule has 0 aliphatic heterocycles. The fraction of sp³-hybridized carbons (Fsp3) is 0.111. The Morgan fingerprint density at radius 1 is 1.04 bits per heavy atom. The Morgan fingerprint density at radius 2 is 1.74 bits per heavy atom. The molecule has 0 radical (unpaired) electrons. The van der Waals surface area contributed by atoms with Gasteiger partial charge < -0.3 is 0 Å². The average molecular weight is 405 g/mol. The number of amides is 2. The van der Waals surface area contributed by atoms with E-state index in [9.17, 15) is 14.4 Å². The Balaban J connectivity index is 1.73. The van der Waals surface area contributed by atoms with E-state index in [4.69, 9.17) is 23.2 Å². The molecule has 0 unspecified atom stereocenters. The first kappa shape index (κ1) is 18.9. The van der Waals surface area contributed by atoms with Crippen LogP contribution in [-0.4, -0.2) is 21.6 Å². The van der Waals surface area contributed by atoms with Gasteiger partial charge in [-0.2, -0.15) is 5.10 Å². The van der Waals surface area contributed by atoms with Crippen molar-refractivity contribution >= 4 is 45.8 Å². The Kier molecular flexibility index (Phi) is 5.43. The number of aryl methyl sites for hydroxylation is 1. The van der Waals surface area contributed by atoms with Gasteiger partial charge in [0.1, 0.15) is 0 Å². The number of nitrogens with one attached hydrogen (secondary N) is 2. The highest BCUT2D eigenvalue weighted by atomic mass is 35.5. The molecule has 3 rings (SSSR count). The van der Waals surface area contributed by atoms with Gasteiger partial charge in [0.15, 0.2) is 5.69 Å². The molecule has 2 N–H and O–H groups in total. The maximum atomic E-state index is 12.4. The van der Waals surface area contributed by atoms with Crippen LogP contribution in [0.4, 0.5) is 0 Å². The topological polar surface area (TPSA) is 93.1 Å². The lowest BCUT2D eigenvalue weighted by Crippen LogP contribution is -2.43. The van der Waals surface area contributed by atoms with Crippen LogP contribution >= 0.6 is 23.2 Å². The third-order valence-corrected chi connectivity index (χ3v) is 4.57. The Bertz CT molecular complexity index is 1110. The molecule has 27 heavy (non-hydrogen) atoms. The first-order valence-electron chi connectivity index (χ1n) is 7.86. The summed E-state index contributed by atoms with van der Waals surface area (Å²) in [5, 5.41) is 5.49. The van der Waals surface area contributed by atoms with Gasteiger partial charge in [-0.15, -0.1) is 0 Å². The number of aromatic nitrogens is 2. The molecule has 0 atom stereocenters. The number of carbonyl (C=O) groups is 2. The molecule has 0 fully saturated rings. The van der Waals surface area contributed by atoms with Gasteiger partial charge in [0.2, 0.25) is 5.91 Å². The van der Waals surface area contributed by atoms with E-state index in [2.05, 4.69) is 16.0 Å². The predicted molar refractivity (Wildman–Crippen MR) is 103 cm³/mol. The van der Waals surface area contributed by atoms with E-state index in [0.29, 0.717) is 26.4 Å². The van der Waals surface area contributed by atoms with E-state index in [1.165, 1.54) is 7.05 Å². The van der Waals surface area contributed by atoms with Crippen LogP contribution in [0.5, 0.6) is 0 Å². The Labute approximate surface area is 163 Å². The van der Waals surface area contributed by atoms with Crippen molar-refractivity contribution in [3.63, 3.8) is 0 Å². The third kappa shape index (κ3) is 4.10. The van der Waals surface area contributed by atoms with Crippen molar-refractivity contribution < 1.29 is 9.59 Å². The number of hydrogen-bond donors (Lipinski definition) is 2. The van der Waals surface area contributed by atoms with E-state index in [-0.39, 0.29) is 17.7 Å². The minimum Gasteiger partial charge on any atom is -0.273 e. The van der Waals surface area contributed by atoms with Crippen LogP contribution in [0, 0.1) is 0 Å². The number of benzene rings is 2. The van der Waals surface area contributed by atoms with Gasteiger partial charge in [-0.3, -0.25) is 25.2 Å².